The first-order chi connectivity index (χ1) is 8.49. The van der Waals surface area contributed by atoms with E-state index >= 15 is 0 Å². The van der Waals surface area contributed by atoms with Gasteiger partial charge in [-0.2, -0.15) is 0 Å². The van der Waals surface area contributed by atoms with E-state index in [0.717, 1.165) is 4.47 Å². The standard InChI is InChI=1S/C12H16BrNO4/c1-14(7-11(17-2)18-3)10-6-8(13)4-5-9(10)12(15)16/h4-6,11H,7H2,1-3H3,(H,15,16). The van der Waals surface area contributed by atoms with E-state index < -0.39 is 12.3 Å². The SMILES string of the molecule is COC(CN(C)c1cc(Br)ccc1C(=O)O)OC. The highest BCUT2D eigenvalue weighted by Gasteiger charge is 2.17. The Kier molecular flexibility index (Phi) is 5.58. The molecule has 0 aliphatic heterocycles. The van der Waals surface area contributed by atoms with Crippen LogP contribution < -0.4 is 4.90 Å². The molecule has 0 aromatic heterocycles. The second-order valence-corrected chi connectivity index (χ2v) is 4.66. The number of likely N-dealkylation sites (N-methyl/N-ethyl adjacent to an activating group) is 1. The molecule has 18 heavy (non-hydrogen) atoms. The fourth-order valence-corrected chi connectivity index (χ4v) is 1.92. The third-order valence-electron chi connectivity index (χ3n) is 2.55. The van der Waals surface area contributed by atoms with Crippen molar-refractivity contribution in [2.24, 2.45) is 0 Å². The van der Waals surface area contributed by atoms with Gasteiger partial charge in [-0.05, 0) is 18.2 Å². The maximum Gasteiger partial charge on any atom is 0.337 e. The van der Waals surface area contributed by atoms with Gasteiger partial charge in [-0.25, -0.2) is 4.79 Å². The number of nitrogens with zero attached hydrogens (tertiary/aromatic N) is 1. The van der Waals surface area contributed by atoms with Gasteiger partial charge >= 0.3 is 5.97 Å². The van der Waals surface area contributed by atoms with Gasteiger partial charge in [0.25, 0.3) is 0 Å². The molecule has 0 saturated heterocycles. The quantitative estimate of drug-likeness (QED) is 0.815. The Morgan fingerprint density at radius 1 is 1.44 bits per heavy atom. The Hall–Kier alpha value is -1.11. The van der Waals surface area contributed by atoms with E-state index in [2.05, 4.69) is 15.9 Å². The van der Waals surface area contributed by atoms with Gasteiger partial charge in [0, 0.05) is 25.7 Å². The predicted octanol–water partition coefficient (Wildman–Crippen LogP) is 2.20. The lowest BCUT2D eigenvalue weighted by Gasteiger charge is -2.25. The number of carboxylic acid groups (broad SMARTS) is 1. The van der Waals surface area contributed by atoms with Crippen LogP contribution in [-0.2, 0) is 9.47 Å². The van der Waals surface area contributed by atoms with Crippen molar-refractivity contribution in [1.82, 2.24) is 0 Å². The minimum absolute atomic E-state index is 0.242. The third kappa shape index (κ3) is 3.69. The van der Waals surface area contributed by atoms with Crippen molar-refractivity contribution in [1.29, 1.82) is 0 Å². The van der Waals surface area contributed by atoms with Gasteiger partial charge in [0.1, 0.15) is 0 Å². The molecule has 0 unspecified atom stereocenters. The number of methoxy groups -OCH3 is 2. The molecule has 1 rings (SSSR count). The van der Waals surface area contributed by atoms with Crippen LogP contribution in [-0.4, -0.2) is 45.2 Å². The number of benzene rings is 1. The molecule has 0 aliphatic carbocycles. The van der Waals surface area contributed by atoms with Crippen LogP contribution >= 0.6 is 15.9 Å². The van der Waals surface area contributed by atoms with Crippen LogP contribution in [0.25, 0.3) is 0 Å². The molecule has 100 valence electrons. The molecular weight excluding hydrogens is 302 g/mol. The number of anilines is 1. The highest BCUT2D eigenvalue weighted by atomic mass is 79.9. The monoisotopic (exact) mass is 317 g/mol. The molecule has 1 aromatic rings. The highest BCUT2D eigenvalue weighted by molar-refractivity contribution is 9.10. The van der Waals surface area contributed by atoms with E-state index in [9.17, 15) is 4.79 Å². The zero-order valence-corrected chi connectivity index (χ0v) is 12.1. The van der Waals surface area contributed by atoms with Gasteiger partial charge in [0.2, 0.25) is 0 Å². The maximum atomic E-state index is 11.2. The normalized spacial score (nSPS) is 10.7. The molecule has 0 radical (unpaired) electrons. The molecule has 5 nitrogen and oxygen atoms in total. The van der Waals surface area contributed by atoms with Crippen molar-refractivity contribution in [2.75, 3.05) is 32.7 Å². The summed E-state index contributed by atoms with van der Waals surface area (Å²) >= 11 is 3.33. The van der Waals surface area contributed by atoms with E-state index in [1.807, 2.05) is 0 Å². The van der Waals surface area contributed by atoms with Crippen molar-refractivity contribution in [3.8, 4) is 0 Å². The van der Waals surface area contributed by atoms with Gasteiger partial charge in [-0.3, -0.25) is 0 Å². The van der Waals surface area contributed by atoms with E-state index in [1.165, 1.54) is 0 Å². The van der Waals surface area contributed by atoms with Gasteiger partial charge in [0.05, 0.1) is 17.8 Å². The summed E-state index contributed by atoms with van der Waals surface area (Å²) in [5.41, 5.74) is 0.850. The predicted molar refractivity (Wildman–Crippen MR) is 72.2 cm³/mol. The average molecular weight is 318 g/mol. The smallest absolute Gasteiger partial charge is 0.337 e. The number of ether oxygens (including phenoxy) is 2. The Balaban J connectivity index is 2.99. The first-order valence-electron chi connectivity index (χ1n) is 5.29. The van der Waals surface area contributed by atoms with Crippen LogP contribution in [0.1, 0.15) is 10.4 Å². The van der Waals surface area contributed by atoms with Gasteiger partial charge in [0.15, 0.2) is 6.29 Å². The molecule has 0 fully saturated rings. The van der Waals surface area contributed by atoms with E-state index in [4.69, 9.17) is 14.6 Å². The van der Waals surface area contributed by atoms with Gasteiger partial charge < -0.3 is 19.5 Å². The van der Waals surface area contributed by atoms with Crippen LogP contribution in [0.5, 0.6) is 0 Å². The number of hydrogen-bond acceptors (Lipinski definition) is 4. The van der Waals surface area contributed by atoms with E-state index in [-0.39, 0.29) is 5.56 Å². The van der Waals surface area contributed by atoms with Crippen LogP contribution in [0.3, 0.4) is 0 Å². The summed E-state index contributed by atoms with van der Waals surface area (Å²) in [6.45, 7) is 0.434. The fourth-order valence-electron chi connectivity index (χ4n) is 1.57. The number of aromatic carboxylic acids is 1. The molecule has 0 saturated carbocycles. The zero-order chi connectivity index (χ0) is 13.7. The summed E-state index contributed by atoms with van der Waals surface area (Å²) in [6, 6.07) is 5.02. The minimum Gasteiger partial charge on any atom is -0.478 e. The topological polar surface area (TPSA) is 59.0 Å². The first kappa shape index (κ1) is 14.9. The molecule has 0 aliphatic rings. The number of hydrogen-bond donors (Lipinski definition) is 1. The Bertz CT molecular complexity index is 421. The zero-order valence-electron chi connectivity index (χ0n) is 10.5. The van der Waals surface area contributed by atoms with Crippen molar-refractivity contribution in [3.63, 3.8) is 0 Å². The minimum atomic E-state index is -0.962. The Labute approximate surface area is 114 Å². The molecule has 0 heterocycles. The van der Waals surface area contributed by atoms with Crippen molar-refractivity contribution in [2.45, 2.75) is 6.29 Å². The van der Waals surface area contributed by atoms with Crippen molar-refractivity contribution >= 4 is 27.6 Å². The molecular formula is C12H16BrNO4. The molecule has 0 atom stereocenters. The number of carboxylic acids is 1. The molecule has 1 N–H and O–H groups in total. The summed E-state index contributed by atoms with van der Waals surface area (Å²) in [6.07, 6.45) is -0.407. The van der Waals surface area contributed by atoms with Crippen LogP contribution in [0, 0.1) is 0 Å². The van der Waals surface area contributed by atoms with Crippen molar-refractivity contribution < 1.29 is 19.4 Å². The van der Waals surface area contributed by atoms with Crippen molar-refractivity contribution in [3.05, 3.63) is 28.2 Å². The summed E-state index contributed by atoms with van der Waals surface area (Å²) < 4.78 is 11.0. The largest absolute Gasteiger partial charge is 0.478 e. The Morgan fingerprint density at radius 3 is 2.56 bits per heavy atom. The second-order valence-electron chi connectivity index (χ2n) is 3.75. The fraction of sp³-hybridized carbons (Fsp3) is 0.417. The third-order valence-corrected chi connectivity index (χ3v) is 3.04. The summed E-state index contributed by atoms with van der Waals surface area (Å²) in [5.74, 6) is -0.962. The van der Waals surface area contributed by atoms with Crippen LogP contribution in [0.2, 0.25) is 0 Å². The van der Waals surface area contributed by atoms with Crippen LogP contribution in [0.15, 0.2) is 22.7 Å². The lowest BCUT2D eigenvalue weighted by atomic mass is 10.1. The van der Waals surface area contributed by atoms with Gasteiger partial charge in [-0.15, -0.1) is 0 Å². The average Bonchev–Trinajstić information content (AvgIpc) is 2.35. The number of halogens is 1. The van der Waals surface area contributed by atoms with Crippen LogP contribution in [0.4, 0.5) is 5.69 Å². The molecule has 6 heteroatoms. The summed E-state index contributed by atoms with van der Waals surface area (Å²) in [7, 11) is 4.88. The number of rotatable bonds is 6. The molecule has 1 aromatic carbocycles. The van der Waals surface area contributed by atoms with E-state index in [0.29, 0.717) is 12.2 Å². The maximum absolute atomic E-state index is 11.2. The number of carbonyl (C=O) groups is 1. The summed E-state index contributed by atoms with van der Waals surface area (Å²) in [4.78, 5) is 12.9. The molecule has 0 amide bonds. The summed E-state index contributed by atoms with van der Waals surface area (Å²) in [5, 5.41) is 9.15. The first-order valence-corrected chi connectivity index (χ1v) is 6.08. The lowest BCUT2D eigenvalue weighted by molar-refractivity contribution is -0.0944. The molecule has 0 spiro atoms. The molecule has 0 bridgehead atoms. The van der Waals surface area contributed by atoms with E-state index in [1.54, 1.807) is 44.4 Å². The Morgan fingerprint density at radius 2 is 2.06 bits per heavy atom. The van der Waals surface area contributed by atoms with Gasteiger partial charge in [-0.1, -0.05) is 15.9 Å². The highest BCUT2D eigenvalue weighted by Crippen LogP contribution is 2.24. The lowest BCUT2D eigenvalue weighted by Crippen LogP contribution is -2.32. The second kappa shape index (κ2) is 6.72.